The number of benzene rings is 1. The van der Waals surface area contributed by atoms with E-state index in [1.54, 1.807) is 0 Å². The van der Waals surface area contributed by atoms with Gasteiger partial charge in [0.05, 0.1) is 0 Å². The lowest BCUT2D eigenvalue weighted by Crippen LogP contribution is -2.32. The molecule has 2 aromatic rings. The van der Waals surface area contributed by atoms with Gasteiger partial charge in [-0.3, -0.25) is 4.79 Å². The van der Waals surface area contributed by atoms with E-state index >= 15 is 0 Å². The quantitative estimate of drug-likeness (QED) is 0.444. The monoisotopic (exact) mass is 268 g/mol. The minimum absolute atomic E-state index is 0.0886. The molecule has 0 atom stereocenters. The molecule has 0 fully saturated rings. The Kier molecular flexibility index (Phi) is 5.05. The van der Waals surface area contributed by atoms with Crippen LogP contribution in [0.5, 0.6) is 0 Å². The third-order valence-corrected chi connectivity index (χ3v) is 3.49. The highest BCUT2D eigenvalue weighted by Crippen LogP contribution is 2.09. The largest absolute Gasteiger partial charge is 0.289 e. The van der Waals surface area contributed by atoms with Gasteiger partial charge < -0.3 is 0 Å². The summed E-state index contributed by atoms with van der Waals surface area (Å²) in [6.45, 7) is 5.25. The Morgan fingerprint density at radius 2 is 1.55 bits per heavy atom. The molecule has 1 aromatic carbocycles. The van der Waals surface area contributed by atoms with Crippen LogP contribution in [0.2, 0.25) is 0 Å². The van der Waals surface area contributed by atoms with Crippen LogP contribution < -0.4 is 4.57 Å². The Labute approximate surface area is 121 Å². The van der Waals surface area contributed by atoms with Crippen molar-refractivity contribution in [1.29, 1.82) is 0 Å². The first-order valence-electron chi connectivity index (χ1n) is 7.31. The van der Waals surface area contributed by atoms with Crippen LogP contribution in [0.1, 0.15) is 47.7 Å². The van der Waals surface area contributed by atoms with E-state index in [1.165, 1.54) is 24.8 Å². The molecule has 0 unspecified atom stereocenters. The number of aromatic nitrogens is 1. The normalized spacial score (nSPS) is 10.5. The second kappa shape index (κ2) is 6.99. The zero-order chi connectivity index (χ0) is 14.4. The molecule has 0 saturated carbocycles. The molecule has 1 heterocycles. The molecular formula is C18H22NO+. The first-order valence-corrected chi connectivity index (χ1v) is 7.31. The second-order valence-corrected chi connectivity index (χ2v) is 5.23. The van der Waals surface area contributed by atoms with E-state index in [9.17, 15) is 4.79 Å². The zero-order valence-corrected chi connectivity index (χ0v) is 12.3. The number of carbonyl (C=O) groups is 1. The van der Waals surface area contributed by atoms with E-state index in [0.717, 1.165) is 17.7 Å². The molecule has 1 aromatic heterocycles. The van der Waals surface area contributed by atoms with E-state index in [1.807, 2.05) is 55.7 Å². The third-order valence-electron chi connectivity index (χ3n) is 3.49. The Morgan fingerprint density at radius 1 is 0.950 bits per heavy atom. The molecule has 0 aliphatic heterocycles. The van der Waals surface area contributed by atoms with Crippen molar-refractivity contribution >= 4 is 5.78 Å². The van der Waals surface area contributed by atoms with Gasteiger partial charge >= 0.3 is 0 Å². The summed E-state index contributed by atoms with van der Waals surface area (Å²) in [5, 5.41) is 0. The lowest BCUT2D eigenvalue weighted by Gasteiger charge is -2.02. The maximum Gasteiger partial charge on any atom is 0.193 e. The van der Waals surface area contributed by atoms with Crippen molar-refractivity contribution < 1.29 is 9.36 Å². The molecule has 104 valence electrons. The molecule has 0 spiro atoms. The summed E-state index contributed by atoms with van der Waals surface area (Å²) >= 11 is 0. The molecule has 0 radical (unpaired) electrons. The van der Waals surface area contributed by atoms with Gasteiger partial charge in [-0.05, 0) is 13.3 Å². The molecule has 2 heteroatoms. The highest BCUT2D eigenvalue weighted by atomic mass is 16.1. The van der Waals surface area contributed by atoms with Crippen molar-refractivity contribution in [2.75, 3.05) is 0 Å². The summed E-state index contributed by atoms with van der Waals surface area (Å²) in [4.78, 5) is 12.3. The number of pyridine rings is 1. The molecule has 0 amide bonds. The summed E-state index contributed by atoms with van der Waals surface area (Å²) in [5.74, 6) is 0.0886. The fourth-order valence-electron chi connectivity index (χ4n) is 2.17. The average Bonchev–Trinajstić information content (AvgIpc) is 2.48. The van der Waals surface area contributed by atoms with Crippen LogP contribution in [0, 0.1) is 6.92 Å². The molecule has 20 heavy (non-hydrogen) atoms. The highest BCUT2D eigenvalue weighted by Gasteiger charge is 2.10. The fourth-order valence-corrected chi connectivity index (χ4v) is 2.17. The second-order valence-electron chi connectivity index (χ2n) is 5.23. The number of ketones is 1. The molecule has 0 saturated heterocycles. The fraction of sp³-hybridized carbons (Fsp3) is 0.333. The minimum Gasteiger partial charge on any atom is -0.289 e. The van der Waals surface area contributed by atoms with Gasteiger partial charge in [-0.1, -0.05) is 43.2 Å². The predicted molar refractivity (Wildman–Crippen MR) is 80.8 cm³/mol. The Balaban J connectivity index is 2.05. The Bertz CT molecular complexity index is 555. The SMILES string of the molecule is CCCCC[n+]1ccc(C(=O)c2ccc(C)cc2)cc1. The van der Waals surface area contributed by atoms with Crippen molar-refractivity contribution in [3.8, 4) is 0 Å². The number of hydrogen-bond donors (Lipinski definition) is 0. The smallest absolute Gasteiger partial charge is 0.193 e. The Morgan fingerprint density at radius 3 is 2.15 bits per heavy atom. The highest BCUT2D eigenvalue weighted by molar-refractivity contribution is 6.08. The van der Waals surface area contributed by atoms with Crippen molar-refractivity contribution in [2.45, 2.75) is 39.7 Å². The molecule has 0 bridgehead atoms. The number of nitrogens with zero attached hydrogens (tertiary/aromatic N) is 1. The Hall–Kier alpha value is -1.96. The molecule has 2 nitrogen and oxygen atoms in total. The van der Waals surface area contributed by atoms with E-state index < -0.39 is 0 Å². The number of aryl methyl sites for hydroxylation is 2. The summed E-state index contributed by atoms with van der Waals surface area (Å²) < 4.78 is 2.14. The molecule has 2 rings (SSSR count). The van der Waals surface area contributed by atoms with Gasteiger partial charge in [0.1, 0.15) is 6.54 Å². The van der Waals surface area contributed by atoms with Crippen LogP contribution in [0.25, 0.3) is 0 Å². The molecule has 0 aliphatic rings. The first-order chi connectivity index (χ1) is 9.70. The lowest BCUT2D eigenvalue weighted by atomic mass is 10.0. The van der Waals surface area contributed by atoms with Gasteiger partial charge in [0.2, 0.25) is 0 Å². The van der Waals surface area contributed by atoms with Crippen molar-refractivity contribution in [2.24, 2.45) is 0 Å². The molecular weight excluding hydrogens is 246 g/mol. The number of unbranched alkanes of at least 4 members (excludes halogenated alkanes) is 2. The maximum absolute atomic E-state index is 12.3. The van der Waals surface area contributed by atoms with Crippen molar-refractivity contribution in [1.82, 2.24) is 0 Å². The van der Waals surface area contributed by atoms with E-state index in [4.69, 9.17) is 0 Å². The topological polar surface area (TPSA) is 20.9 Å². The summed E-state index contributed by atoms with van der Waals surface area (Å²) in [5.41, 5.74) is 2.67. The zero-order valence-electron chi connectivity index (χ0n) is 12.3. The van der Waals surface area contributed by atoms with E-state index in [-0.39, 0.29) is 5.78 Å². The number of carbonyl (C=O) groups excluding carboxylic acids is 1. The summed E-state index contributed by atoms with van der Waals surface area (Å²) in [7, 11) is 0. The van der Waals surface area contributed by atoms with Gasteiger partial charge in [0.15, 0.2) is 18.2 Å². The van der Waals surface area contributed by atoms with Crippen molar-refractivity contribution in [3.63, 3.8) is 0 Å². The summed E-state index contributed by atoms with van der Waals surface area (Å²) in [6, 6.07) is 11.5. The first kappa shape index (κ1) is 14.4. The average molecular weight is 268 g/mol. The van der Waals surface area contributed by atoms with Crippen LogP contribution in [0.15, 0.2) is 48.8 Å². The van der Waals surface area contributed by atoms with Gasteiger partial charge in [-0.25, -0.2) is 4.57 Å². The summed E-state index contributed by atoms with van der Waals surface area (Å²) in [6.07, 6.45) is 7.65. The van der Waals surface area contributed by atoms with Crippen LogP contribution in [-0.2, 0) is 6.54 Å². The van der Waals surface area contributed by atoms with Crippen LogP contribution in [-0.4, -0.2) is 5.78 Å². The predicted octanol–water partition coefficient (Wildman–Crippen LogP) is 3.70. The molecule has 0 N–H and O–H groups in total. The minimum atomic E-state index is 0.0886. The third kappa shape index (κ3) is 3.77. The van der Waals surface area contributed by atoms with Crippen LogP contribution >= 0.6 is 0 Å². The molecule has 0 aliphatic carbocycles. The number of hydrogen-bond acceptors (Lipinski definition) is 1. The standard InChI is InChI=1S/C18H22NO/c1-3-4-5-12-19-13-10-17(11-14-19)18(20)16-8-6-15(2)7-9-16/h6-11,13-14H,3-5,12H2,1-2H3/q+1. The van der Waals surface area contributed by atoms with Crippen molar-refractivity contribution in [3.05, 3.63) is 65.5 Å². The lowest BCUT2D eigenvalue weighted by molar-refractivity contribution is -0.697. The van der Waals surface area contributed by atoms with Gasteiger partial charge in [-0.15, -0.1) is 0 Å². The van der Waals surface area contributed by atoms with Gasteiger partial charge in [0, 0.05) is 29.7 Å². The van der Waals surface area contributed by atoms with Gasteiger partial charge in [-0.2, -0.15) is 0 Å². The van der Waals surface area contributed by atoms with Crippen LogP contribution in [0.3, 0.4) is 0 Å². The van der Waals surface area contributed by atoms with Gasteiger partial charge in [0.25, 0.3) is 0 Å². The number of rotatable bonds is 6. The van der Waals surface area contributed by atoms with E-state index in [2.05, 4.69) is 11.5 Å². The van der Waals surface area contributed by atoms with E-state index in [0.29, 0.717) is 0 Å². The van der Waals surface area contributed by atoms with Crippen LogP contribution in [0.4, 0.5) is 0 Å². The maximum atomic E-state index is 12.3.